The zero-order chi connectivity index (χ0) is 10.7. The van der Waals surface area contributed by atoms with Gasteiger partial charge in [0.1, 0.15) is 23.1 Å². The molecule has 78 valence electrons. The third-order valence-electron chi connectivity index (χ3n) is 1.97. The van der Waals surface area contributed by atoms with Crippen LogP contribution in [0.25, 0.3) is 5.82 Å². The molecule has 0 fully saturated rings. The fourth-order valence-electron chi connectivity index (χ4n) is 1.31. The molecule has 2 aromatic heterocycles. The van der Waals surface area contributed by atoms with Crippen LogP contribution in [0.5, 0.6) is 0 Å². The summed E-state index contributed by atoms with van der Waals surface area (Å²) < 4.78 is 1.81. The van der Waals surface area contributed by atoms with Crippen molar-refractivity contribution in [2.24, 2.45) is 0 Å². The van der Waals surface area contributed by atoms with Gasteiger partial charge in [0.05, 0.1) is 0 Å². The molecule has 0 spiro atoms. The largest absolute Gasteiger partial charge is 0.290 e. The van der Waals surface area contributed by atoms with E-state index in [-0.39, 0.29) is 0 Å². The van der Waals surface area contributed by atoms with Crippen LogP contribution in [0.2, 0.25) is 5.15 Å². The molecule has 0 unspecified atom stereocenters. The maximum atomic E-state index is 5.92. The van der Waals surface area contributed by atoms with Crippen molar-refractivity contribution >= 4 is 11.6 Å². The Morgan fingerprint density at radius 2 is 2.27 bits per heavy atom. The van der Waals surface area contributed by atoms with Crippen LogP contribution in [0.3, 0.4) is 0 Å². The number of rotatable bonds is 3. The molecule has 0 N–H and O–H groups in total. The highest BCUT2D eigenvalue weighted by Gasteiger charge is 2.03. The zero-order valence-electron chi connectivity index (χ0n) is 8.39. The summed E-state index contributed by atoms with van der Waals surface area (Å²) in [6.45, 7) is 2.08. The monoisotopic (exact) mass is 222 g/mol. The highest BCUT2D eigenvalue weighted by molar-refractivity contribution is 6.29. The first-order valence-electron chi connectivity index (χ1n) is 4.81. The lowest BCUT2D eigenvalue weighted by atomic mass is 10.3. The molecule has 0 radical (unpaired) electrons. The van der Waals surface area contributed by atoms with Crippen molar-refractivity contribution in [3.05, 3.63) is 35.8 Å². The van der Waals surface area contributed by atoms with Gasteiger partial charge in [-0.3, -0.25) is 4.57 Å². The van der Waals surface area contributed by atoms with Crippen molar-refractivity contribution in [1.29, 1.82) is 0 Å². The number of hydrogen-bond acceptors (Lipinski definition) is 3. The second-order valence-corrected chi connectivity index (χ2v) is 3.57. The molecule has 5 heteroatoms. The molecule has 2 heterocycles. The Morgan fingerprint density at radius 1 is 1.40 bits per heavy atom. The first kappa shape index (κ1) is 10.1. The third kappa shape index (κ3) is 2.33. The molecule has 2 aromatic rings. The Hall–Kier alpha value is -1.42. The van der Waals surface area contributed by atoms with E-state index < -0.39 is 0 Å². The lowest BCUT2D eigenvalue weighted by Gasteiger charge is -2.04. The molecule has 0 aliphatic carbocycles. The predicted octanol–water partition coefficient (Wildman–Crippen LogP) is 2.27. The number of aryl methyl sites for hydroxylation is 1. The van der Waals surface area contributed by atoms with Crippen LogP contribution >= 0.6 is 11.6 Å². The van der Waals surface area contributed by atoms with Crippen LogP contribution < -0.4 is 0 Å². The van der Waals surface area contributed by atoms with Crippen LogP contribution in [0, 0.1) is 0 Å². The van der Waals surface area contributed by atoms with Gasteiger partial charge in [0.15, 0.2) is 0 Å². The van der Waals surface area contributed by atoms with Gasteiger partial charge in [-0.1, -0.05) is 18.5 Å². The van der Waals surface area contributed by atoms with Crippen molar-refractivity contribution in [1.82, 2.24) is 19.5 Å². The van der Waals surface area contributed by atoms with E-state index in [9.17, 15) is 0 Å². The number of aromatic nitrogens is 4. The van der Waals surface area contributed by atoms with E-state index in [1.54, 1.807) is 18.6 Å². The second-order valence-electron chi connectivity index (χ2n) is 3.19. The van der Waals surface area contributed by atoms with Gasteiger partial charge in [-0.2, -0.15) is 0 Å². The number of hydrogen-bond donors (Lipinski definition) is 0. The molecule has 0 amide bonds. The molecule has 0 aliphatic rings. The summed E-state index contributed by atoms with van der Waals surface area (Å²) in [4.78, 5) is 12.5. The average Bonchev–Trinajstić information content (AvgIpc) is 2.70. The normalized spacial score (nSPS) is 10.5. The maximum absolute atomic E-state index is 5.92. The topological polar surface area (TPSA) is 43.6 Å². The summed E-state index contributed by atoms with van der Waals surface area (Å²) in [6.07, 6.45) is 7.06. The molecule has 0 saturated carbocycles. The Kier molecular flexibility index (Phi) is 2.97. The zero-order valence-corrected chi connectivity index (χ0v) is 9.15. The molecule has 15 heavy (non-hydrogen) atoms. The summed E-state index contributed by atoms with van der Waals surface area (Å²) in [5, 5.41) is 0.470. The fourth-order valence-corrected chi connectivity index (χ4v) is 1.51. The molecule has 0 aliphatic heterocycles. The smallest absolute Gasteiger partial charge is 0.143 e. The van der Waals surface area contributed by atoms with Crippen LogP contribution in [-0.4, -0.2) is 19.5 Å². The highest BCUT2D eigenvalue weighted by Crippen LogP contribution is 2.11. The van der Waals surface area contributed by atoms with E-state index >= 15 is 0 Å². The summed E-state index contributed by atoms with van der Waals surface area (Å²) in [7, 11) is 0. The van der Waals surface area contributed by atoms with Gasteiger partial charge < -0.3 is 0 Å². The highest BCUT2D eigenvalue weighted by atomic mass is 35.5. The molecule has 0 saturated heterocycles. The number of nitrogens with zero attached hydrogens (tertiary/aromatic N) is 4. The first-order chi connectivity index (χ1) is 7.29. The van der Waals surface area contributed by atoms with Crippen molar-refractivity contribution in [2.45, 2.75) is 19.8 Å². The summed E-state index contributed by atoms with van der Waals surface area (Å²) in [6, 6.07) is 1.72. The quantitative estimate of drug-likeness (QED) is 0.749. The number of halogens is 1. The average molecular weight is 223 g/mol. The first-order valence-corrected chi connectivity index (χ1v) is 5.19. The molecular formula is C10H11ClN4. The van der Waals surface area contributed by atoms with Crippen molar-refractivity contribution in [2.75, 3.05) is 0 Å². The van der Waals surface area contributed by atoms with Gasteiger partial charge >= 0.3 is 0 Å². The summed E-state index contributed by atoms with van der Waals surface area (Å²) in [5.41, 5.74) is 0. The Bertz CT molecular complexity index is 439. The van der Waals surface area contributed by atoms with Gasteiger partial charge in [-0.05, 0) is 6.42 Å². The molecule has 4 nitrogen and oxygen atoms in total. The van der Waals surface area contributed by atoms with Crippen LogP contribution in [-0.2, 0) is 6.42 Å². The van der Waals surface area contributed by atoms with Crippen LogP contribution in [0.4, 0.5) is 0 Å². The van der Waals surface area contributed by atoms with Gasteiger partial charge in [-0.15, -0.1) is 0 Å². The third-order valence-corrected chi connectivity index (χ3v) is 2.16. The molecule has 2 rings (SSSR count). The standard InChI is InChI=1S/C10H11ClN4/c1-2-3-9-13-8(11)6-10(14-9)15-5-4-12-7-15/h4-7H,2-3H2,1H3. The Morgan fingerprint density at radius 3 is 2.93 bits per heavy atom. The minimum atomic E-state index is 0.470. The van der Waals surface area contributed by atoms with Gasteiger partial charge in [-0.25, -0.2) is 15.0 Å². The van der Waals surface area contributed by atoms with Crippen molar-refractivity contribution in [3.63, 3.8) is 0 Å². The summed E-state index contributed by atoms with van der Waals surface area (Å²) in [5.74, 6) is 1.53. The van der Waals surface area contributed by atoms with Crippen molar-refractivity contribution in [3.8, 4) is 5.82 Å². The summed E-state index contributed by atoms with van der Waals surface area (Å²) >= 11 is 5.92. The molecule has 0 atom stereocenters. The molecule has 0 aromatic carbocycles. The fraction of sp³-hybridized carbons (Fsp3) is 0.300. The SMILES string of the molecule is CCCc1nc(Cl)cc(-n2ccnc2)n1. The van der Waals surface area contributed by atoms with Crippen LogP contribution in [0.1, 0.15) is 19.2 Å². The Labute approximate surface area is 93.0 Å². The minimum Gasteiger partial charge on any atom is -0.290 e. The van der Waals surface area contributed by atoms with E-state index in [0.717, 1.165) is 24.5 Å². The minimum absolute atomic E-state index is 0.470. The van der Waals surface area contributed by atoms with Gasteiger partial charge in [0.2, 0.25) is 0 Å². The van der Waals surface area contributed by atoms with E-state index in [1.807, 2.05) is 10.8 Å². The van der Waals surface area contributed by atoms with Crippen LogP contribution in [0.15, 0.2) is 24.8 Å². The lowest BCUT2D eigenvalue weighted by Crippen LogP contribution is -2.01. The second kappa shape index (κ2) is 4.40. The predicted molar refractivity (Wildman–Crippen MR) is 58.2 cm³/mol. The van der Waals surface area contributed by atoms with Gasteiger partial charge in [0.25, 0.3) is 0 Å². The molecule has 0 bridgehead atoms. The Balaban J connectivity index is 2.40. The van der Waals surface area contributed by atoms with E-state index in [0.29, 0.717) is 5.15 Å². The van der Waals surface area contributed by atoms with E-state index in [2.05, 4.69) is 21.9 Å². The van der Waals surface area contributed by atoms with E-state index in [4.69, 9.17) is 11.6 Å². The van der Waals surface area contributed by atoms with Gasteiger partial charge in [0, 0.05) is 24.9 Å². The number of imidazole rings is 1. The lowest BCUT2D eigenvalue weighted by molar-refractivity contribution is 0.816. The maximum Gasteiger partial charge on any atom is 0.143 e. The van der Waals surface area contributed by atoms with Crippen molar-refractivity contribution < 1.29 is 0 Å². The van der Waals surface area contributed by atoms with E-state index in [1.165, 1.54) is 0 Å². The molecular weight excluding hydrogens is 212 g/mol.